The third-order valence-electron chi connectivity index (χ3n) is 5.89. The molecule has 196 valence electrons. The lowest BCUT2D eigenvalue weighted by Gasteiger charge is -2.12. The van der Waals surface area contributed by atoms with Gasteiger partial charge in [-0.25, -0.2) is 4.99 Å². The van der Waals surface area contributed by atoms with Crippen LogP contribution in [0.5, 0.6) is 5.75 Å². The smallest absolute Gasteiger partial charge is 0.406 e. The van der Waals surface area contributed by atoms with E-state index in [2.05, 4.69) is 9.73 Å². The van der Waals surface area contributed by atoms with E-state index in [-0.39, 0.29) is 13.2 Å². The Morgan fingerprint density at radius 1 is 0.892 bits per heavy atom. The maximum Gasteiger partial charge on any atom is 0.573 e. The molecule has 3 aromatic carbocycles. The summed E-state index contributed by atoms with van der Waals surface area (Å²) in [5.74, 6) is -0.413. The van der Waals surface area contributed by atoms with Gasteiger partial charge in [0.05, 0.1) is 35.4 Å². The molecule has 0 fully saturated rings. The summed E-state index contributed by atoms with van der Waals surface area (Å²) in [7, 11) is 1.68. The van der Waals surface area contributed by atoms with Gasteiger partial charge in [0.15, 0.2) is 0 Å². The van der Waals surface area contributed by atoms with Crippen LogP contribution in [0.25, 0.3) is 11.0 Å². The van der Waals surface area contributed by atoms with E-state index < -0.39 is 23.9 Å². The maximum atomic E-state index is 13.7. The van der Waals surface area contributed by atoms with Crippen LogP contribution < -0.4 is 10.4 Å². The van der Waals surface area contributed by atoms with Gasteiger partial charge in [0.25, 0.3) is 0 Å². The fourth-order valence-corrected chi connectivity index (χ4v) is 4.15. The molecule has 11 heteroatoms. The number of ether oxygens (including phenoxy) is 1. The first-order chi connectivity index (χ1) is 17.4. The van der Waals surface area contributed by atoms with Crippen molar-refractivity contribution in [3.05, 3.63) is 88.5 Å². The highest BCUT2D eigenvalue weighted by Gasteiger charge is 2.32. The third kappa shape index (κ3) is 5.82. The monoisotopic (exact) mass is 523 g/mol. The van der Waals surface area contributed by atoms with Crippen molar-refractivity contribution in [3.63, 3.8) is 0 Å². The summed E-state index contributed by atoms with van der Waals surface area (Å²) in [6, 6.07) is 14.1. The lowest BCUT2D eigenvalue weighted by molar-refractivity contribution is -0.274. The highest BCUT2D eigenvalue weighted by molar-refractivity contribution is 5.81. The number of halogens is 6. The van der Waals surface area contributed by atoms with Crippen molar-refractivity contribution in [1.29, 1.82) is 0 Å². The molecule has 1 heterocycles. The number of benzene rings is 3. The van der Waals surface area contributed by atoms with Crippen molar-refractivity contribution in [2.24, 2.45) is 12.0 Å². The average molecular weight is 523 g/mol. The Morgan fingerprint density at radius 2 is 1.51 bits per heavy atom. The van der Waals surface area contributed by atoms with Gasteiger partial charge in [0.2, 0.25) is 5.62 Å². The predicted octanol–water partition coefficient (Wildman–Crippen LogP) is 6.23. The Bertz CT molecular complexity index is 1460. The number of nitrogens with zero attached hydrogens (tertiary/aromatic N) is 3. The molecule has 0 aliphatic rings. The number of imidazole rings is 1. The van der Waals surface area contributed by atoms with Crippen LogP contribution in [0.15, 0.2) is 65.7 Å². The van der Waals surface area contributed by atoms with Gasteiger partial charge in [-0.1, -0.05) is 31.2 Å². The number of aliphatic hydroxyl groups excluding tert-OH is 1. The number of hydrogen-bond acceptors (Lipinski definition) is 3. The van der Waals surface area contributed by atoms with E-state index in [0.717, 1.165) is 29.8 Å². The van der Waals surface area contributed by atoms with Crippen molar-refractivity contribution < 1.29 is 36.2 Å². The highest BCUT2D eigenvalue weighted by Crippen LogP contribution is 2.34. The van der Waals surface area contributed by atoms with Gasteiger partial charge in [-0.15, -0.1) is 13.2 Å². The van der Waals surface area contributed by atoms with E-state index in [1.54, 1.807) is 47.4 Å². The maximum absolute atomic E-state index is 13.7. The zero-order valence-corrected chi connectivity index (χ0v) is 19.9. The molecule has 5 nitrogen and oxygen atoms in total. The van der Waals surface area contributed by atoms with Crippen LogP contribution in [0, 0.1) is 0 Å². The van der Waals surface area contributed by atoms with Crippen LogP contribution in [0.2, 0.25) is 0 Å². The van der Waals surface area contributed by atoms with E-state index in [4.69, 9.17) is 0 Å². The normalized spacial score (nSPS) is 12.9. The van der Waals surface area contributed by atoms with E-state index in [1.165, 1.54) is 12.1 Å². The first-order valence-corrected chi connectivity index (χ1v) is 11.3. The Hall–Kier alpha value is -3.73. The molecule has 0 bridgehead atoms. The summed E-state index contributed by atoms with van der Waals surface area (Å²) in [6.45, 7) is 1.78. The molecule has 0 spiro atoms. The Morgan fingerprint density at radius 3 is 2.05 bits per heavy atom. The summed E-state index contributed by atoms with van der Waals surface area (Å²) in [4.78, 5) is 4.58. The molecule has 1 N–H and O–H groups in total. The molecule has 0 amide bonds. The molecular formula is C26H23F6N3O2. The molecule has 0 saturated carbocycles. The van der Waals surface area contributed by atoms with E-state index >= 15 is 0 Å². The molecule has 0 aliphatic carbocycles. The quantitative estimate of drug-likeness (QED) is 0.305. The van der Waals surface area contributed by atoms with Crippen LogP contribution in [-0.4, -0.2) is 20.6 Å². The first-order valence-electron chi connectivity index (χ1n) is 11.3. The van der Waals surface area contributed by atoms with Crippen LogP contribution >= 0.6 is 0 Å². The molecule has 0 radical (unpaired) electrons. The van der Waals surface area contributed by atoms with Crippen molar-refractivity contribution in [2.45, 2.75) is 39.0 Å². The van der Waals surface area contributed by atoms with Gasteiger partial charge in [-0.3, -0.25) is 0 Å². The van der Waals surface area contributed by atoms with E-state index in [1.807, 2.05) is 0 Å². The Balaban J connectivity index is 1.93. The highest BCUT2D eigenvalue weighted by atomic mass is 19.4. The molecule has 0 saturated heterocycles. The number of aromatic nitrogens is 2. The van der Waals surface area contributed by atoms with Crippen LogP contribution in [0.4, 0.5) is 32.0 Å². The Labute approximate surface area is 207 Å². The van der Waals surface area contributed by atoms with Crippen LogP contribution in [0.3, 0.4) is 0 Å². The molecular weight excluding hydrogens is 500 g/mol. The van der Waals surface area contributed by atoms with Gasteiger partial charge >= 0.3 is 12.5 Å². The lowest BCUT2D eigenvalue weighted by atomic mass is 10.1. The van der Waals surface area contributed by atoms with Crippen molar-refractivity contribution >= 4 is 16.7 Å². The summed E-state index contributed by atoms with van der Waals surface area (Å²) >= 11 is 0. The number of alkyl halides is 6. The zero-order valence-electron chi connectivity index (χ0n) is 19.9. The molecule has 4 rings (SSSR count). The summed E-state index contributed by atoms with van der Waals surface area (Å²) in [5, 5.41) is 9.32. The van der Waals surface area contributed by atoms with E-state index in [0.29, 0.717) is 39.9 Å². The van der Waals surface area contributed by atoms with Crippen molar-refractivity contribution in [2.75, 3.05) is 0 Å². The molecule has 0 atom stereocenters. The Kier molecular flexibility index (Phi) is 7.09. The predicted molar refractivity (Wildman–Crippen MR) is 125 cm³/mol. The second-order valence-electron chi connectivity index (χ2n) is 8.43. The van der Waals surface area contributed by atoms with E-state index in [9.17, 15) is 31.4 Å². The fourth-order valence-electron chi connectivity index (χ4n) is 4.15. The topological polar surface area (TPSA) is 51.7 Å². The average Bonchev–Trinajstić information content (AvgIpc) is 3.09. The number of hydrogen-bond donors (Lipinski definition) is 1. The summed E-state index contributed by atoms with van der Waals surface area (Å²) in [6.07, 6.45) is -9.05. The minimum absolute atomic E-state index is 0.148. The molecule has 4 aromatic rings. The zero-order chi connectivity index (χ0) is 27.0. The standard InChI is InChI=1S/C26H23F6N3O2/c1-3-18-12-19(25(27,28)29)13-22-23(18)34(2)24(35(22)14-16-4-6-17(15-36)7-5-16)33-20-8-10-21(11-9-20)37-26(30,31)32/h4-13,36H,3,14-15H2,1-2H3/b33-24-. The molecule has 0 aliphatic heterocycles. The summed E-state index contributed by atoms with van der Waals surface area (Å²) in [5.41, 5.74) is 2.62. The molecule has 0 unspecified atom stereocenters. The van der Waals surface area contributed by atoms with Gasteiger partial charge in [-0.05, 0) is 59.5 Å². The lowest BCUT2D eigenvalue weighted by Crippen LogP contribution is -2.24. The number of aliphatic hydroxyl groups is 1. The van der Waals surface area contributed by atoms with Gasteiger partial charge in [0.1, 0.15) is 5.75 Å². The number of aryl methyl sites for hydroxylation is 2. The largest absolute Gasteiger partial charge is 0.573 e. The van der Waals surface area contributed by atoms with Gasteiger partial charge < -0.3 is 19.0 Å². The van der Waals surface area contributed by atoms with Crippen molar-refractivity contribution in [1.82, 2.24) is 9.13 Å². The second kappa shape index (κ2) is 9.97. The van der Waals surface area contributed by atoms with Crippen LogP contribution in [-0.2, 0) is 32.8 Å². The minimum atomic E-state index is -4.84. The van der Waals surface area contributed by atoms with Crippen LogP contribution in [0.1, 0.15) is 29.2 Å². The first kappa shape index (κ1) is 26.3. The molecule has 1 aromatic heterocycles. The SMILES string of the molecule is CCc1cc(C(F)(F)F)cc2c1n(C)/c(=N/c1ccc(OC(F)(F)F)cc1)n2Cc1ccc(CO)cc1. The second-order valence-corrected chi connectivity index (χ2v) is 8.43. The number of fused-ring (bicyclic) bond motifs is 1. The van der Waals surface area contributed by atoms with Gasteiger partial charge in [-0.2, -0.15) is 13.2 Å². The summed E-state index contributed by atoms with van der Waals surface area (Å²) < 4.78 is 85.9. The number of rotatable bonds is 6. The molecule has 37 heavy (non-hydrogen) atoms. The third-order valence-corrected chi connectivity index (χ3v) is 5.89. The minimum Gasteiger partial charge on any atom is -0.406 e. The van der Waals surface area contributed by atoms with Gasteiger partial charge in [0, 0.05) is 7.05 Å². The van der Waals surface area contributed by atoms with Crippen molar-refractivity contribution in [3.8, 4) is 5.75 Å². The fraction of sp³-hybridized carbons (Fsp3) is 0.269.